The number of aliphatic hydroxyl groups excluding tert-OH is 1. The molecule has 1 atom stereocenters. The van der Waals surface area contributed by atoms with Gasteiger partial charge in [-0.1, -0.05) is 18.5 Å². The summed E-state index contributed by atoms with van der Waals surface area (Å²) in [7, 11) is -3.90. The maximum absolute atomic E-state index is 12.2. The number of halogens is 1. The Kier molecular flexibility index (Phi) is 4.93. The number of rotatable bonds is 5. The number of hydrogen-bond donors (Lipinski definition) is 2. The predicted octanol–water partition coefficient (Wildman–Crippen LogP) is 1.65. The minimum absolute atomic E-state index is 0.0305. The highest BCUT2D eigenvalue weighted by Gasteiger charge is 2.29. The fourth-order valence-electron chi connectivity index (χ4n) is 1.37. The molecule has 7 heteroatoms. The van der Waals surface area contributed by atoms with E-state index in [2.05, 4.69) is 4.72 Å². The average molecular weight is 303 g/mol. The molecule has 1 unspecified atom stereocenters. The average Bonchev–Trinajstić information content (AvgIpc) is 2.38. The van der Waals surface area contributed by atoms with Gasteiger partial charge in [-0.05, 0) is 31.5 Å². The van der Waals surface area contributed by atoms with Crippen LogP contribution in [-0.4, -0.2) is 25.7 Å². The lowest BCUT2D eigenvalue weighted by Gasteiger charge is -2.27. The summed E-state index contributed by atoms with van der Waals surface area (Å²) in [4.78, 5) is -0.165. The van der Waals surface area contributed by atoms with Crippen LogP contribution in [-0.2, 0) is 10.0 Å². The smallest absolute Gasteiger partial charge is 0.242 e. The van der Waals surface area contributed by atoms with Crippen molar-refractivity contribution in [2.45, 2.75) is 30.7 Å². The highest BCUT2D eigenvalue weighted by atomic mass is 35.5. The molecular formula is C12H15ClN2O3S. The van der Waals surface area contributed by atoms with Gasteiger partial charge in [0.25, 0.3) is 0 Å². The number of benzene rings is 1. The molecular weight excluding hydrogens is 288 g/mol. The van der Waals surface area contributed by atoms with Crippen LogP contribution >= 0.6 is 11.6 Å². The van der Waals surface area contributed by atoms with Gasteiger partial charge in [-0.3, -0.25) is 0 Å². The monoisotopic (exact) mass is 302 g/mol. The van der Waals surface area contributed by atoms with Crippen LogP contribution in [0, 0.1) is 11.3 Å². The molecule has 0 spiro atoms. The minimum Gasteiger partial charge on any atom is -0.394 e. The van der Waals surface area contributed by atoms with Crippen LogP contribution < -0.4 is 4.72 Å². The summed E-state index contributed by atoms with van der Waals surface area (Å²) in [5.74, 6) is 0. The third-order valence-electron chi connectivity index (χ3n) is 2.86. The van der Waals surface area contributed by atoms with Crippen LogP contribution in [0.5, 0.6) is 0 Å². The van der Waals surface area contributed by atoms with E-state index in [-0.39, 0.29) is 22.1 Å². The molecule has 0 aliphatic rings. The van der Waals surface area contributed by atoms with Gasteiger partial charge in [0, 0.05) is 0 Å². The van der Waals surface area contributed by atoms with Crippen molar-refractivity contribution in [3.63, 3.8) is 0 Å². The van der Waals surface area contributed by atoms with Gasteiger partial charge in [-0.15, -0.1) is 0 Å². The number of nitrogens with one attached hydrogen (secondary N) is 1. The molecule has 0 bridgehead atoms. The van der Waals surface area contributed by atoms with Crippen LogP contribution in [0.15, 0.2) is 23.1 Å². The molecule has 0 aromatic heterocycles. The van der Waals surface area contributed by atoms with E-state index < -0.39 is 15.6 Å². The Hall–Kier alpha value is -1.13. The first-order chi connectivity index (χ1) is 8.78. The molecule has 0 fully saturated rings. The molecule has 0 radical (unpaired) electrons. The normalized spacial score (nSPS) is 14.7. The Morgan fingerprint density at radius 2 is 2.16 bits per heavy atom. The van der Waals surface area contributed by atoms with E-state index in [1.54, 1.807) is 13.8 Å². The second-order valence-electron chi connectivity index (χ2n) is 4.43. The van der Waals surface area contributed by atoms with Crippen LogP contribution in [0.25, 0.3) is 0 Å². The highest BCUT2D eigenvalue weighted by molar-refractivity contribution is 7.89. The molecule has 0 heterocycles. The van der Waals surface area contributed by atoms with Gasteiger partial charge < -0.3 is 5.11 Å². The SMILES string of the molecule is CCC(C)(CO)NS(=O)(=O)c1cc(C#N)ccc1Cl. The minimum atomic E-state index is -3.90. The molecule has 104 valence electrons. The van der Waals surface area contributed by atoms with Gasteiger partial charge in [0.1, 0.15) is 4.90 Å². The summed E-state index contributed by atoms with van der Waals surface area (Å²) in [6, 6.07) is 5.86. The molecule has 1 aromatic rings. The van der Waals surface area contributed by atoms with E-state index in [0.717, 1.165) is 0 Å². The maximum Gasteiger partial charge on any atom is 0.242 e. The fraction of sp³-hybridized carbons (Fsp3) is 0.417. The van der Waals surface area contributed by atoms with Gasteiger partial charge in [-0.25, -0.2) is 13.1 Å². The van der Waals surface area contributed by atoms with E-state index in [0.29, 0.717) is 6.42 Å². The van der Waals surface area contributed by atoms with Crippen LogP contribution in [0.3, 0.4) is 0 Å². The summed E-state index contributed by atoms with van der Waals surface area (Å²) in [5.41, 5.74) is -0.767. The molecule has 0 aliphatic heterocycles. The summed E-state index contributed by atoms with van der Waals surface area (Å²) < 4.78 is 26.9. The fourth-order valence-corrected chi connectivity index (χ4v) is 3.37. The molecule has 0 amide bonds. The van der Waals surface area contributed by atoms with E-state index in [1.165, 1.54) is 18.2 Å². The predicted molar refractivity (Wildman–Crippen MR) is 72.3 cm³/mol. The van der Waals surface area contributed by atoms with Crippen molar-refractivity contribution in [1.82, 2.24) is 4.72 Å². The van der Waals surface area contributed by atoms with E-state index in [1.807, 2.05) is 6.07 Å². The molecule has 0 saturated heterocycles. The summed E-state index contributed by atoms with van der Waals surface area (Å²) in [5, 5.41) is 18.1. The molecule has 1 rings (SSSR count). The molecule has 0 aliphatic carbocycles. The van der Waals surface area contributed by atoms with Crippen molar-refractivity contribution in [3.05, 3.63) is 28.8 Å². The summed E-state index contributed by atoms with van der Waals surface area (Å²) in [6.07, 6.45) is 0.415. The largest absolute Gasteiger partial charge is 0.394 e. The molecule has 1 aromatic carbocycles. The van der Waals surface area contributed by atoms with E-state index >= 15 is 0 Å². The van der Waals surface area contributed by atoms with Gasteiger partial charge in [0.15, 0.2) is 0 Å². The molecule has 19 heavy (non-hydrogen) atoms. The van der Waals surface area contributed by atoms with Gasteiger partial charge in [-0.2, -0.15) is 5.26 Å². The summed E-state index contributed by atoms with van der Waals surface area (Å²) in [6.45, 7) is 3.01. The van der Waals surface area contributed by atoms with Gasteiger partial charge >= 0.3 is 0 Å². The third-order valence-corrected chi connectivity index (χ3v) is 4.98. The van der Waals surface area contributed by atoms with Crippen molar-refractivity contribution in [2.75, 3.05) is 6.61 Å². The number of nitrogens with zero attached hydrogens (tertiary/aromatic N) is 1. The van der Waals surface area contributed by atoms with Crippen LogP contribution in [0.1, 0.15) is 25.8 Å². The van der Waals surface area contributed by atoms with Crippen LogP contribution in [0.4, 0.5) is 0 Å². The third kappa shape index (κ3) is 3.67. The Morgan fingerprint density at radius 3 is 2.63 bits per heavy atom. The molecule has 2 N–H and O–H groups in total. The first kappa shape index (κ1) is 15.9. The first-order valence-corrected chi connectivity index (χ1v) is 7.48. The number of sulfonamides is 1. The number of nitriles is 1. The van der Waals surface area contributed by atoms with E-state index in [9.17, 15) is 13.5 Å². The molecule has 5 nitrogen and oxygen atoms in total. The zero-order valence-corrected chi connectivity index (χ0v) is 12.2. The second kappa shape index (κ2) is 5.88. The van der Waals surface area contributed by atoms with Crippen molar-refractivity contribution in [1.29, 1.82) is 5.26 Å². The molecule has 0 saturated carbocycles. The quantitative estimate of drug-likeness (QED) is 0.865. The Labute approximate surface area is 117 Å². The Balaban J connectivity index is 3.25. The lowest BCUT2D eigenvalue weighted by molar-refractivity contribution is 0.191. The van der Waals surface area contributed by atoms with Crippen LogP contribution in [0.2, 0.25) is 5.02 Å². The van der Waals surface area contributed by atoms with E-state index in [4.69, 9.17) is 16.9 Å². The number of aliphatic hydroxyl groups is 1. The van der Waals surface area contributed by atoms with Crippen molar-refractivity contribution in [3.8, 4) is 6.07 Å². The maximum atomic E-state index is 12.2. The zero-order valence-electron chi connectivity index (χ0n) is 10.6. The first-order valence-electron chi connectivity index (χ1n) is 5.62. The van der Waals surface area contributed by atoms with Gasteiger partial charge in [0.05, 0.1) is 28.8 Å². The van der Waals surface area contributed by atoms with Crippen molar-refractivity contribution < 1.29 is 13.5 Å². The number of hydrogen-bond acceptors (Lipinski definition) is 4. The van der Waals surface area contributed by atoms with Crippen molar-refractivity contribution in [2.24, 2.45) is 0 Å². The Bertz CT molecular complexity index is 604. The standard InChI is InChI=1S/C12H15ClN2O3S/c1-3-12(2,8-16)15-19(17,18)11-6-9(7-14)4-5-10(11)13/h4-6,15-16H,3,8H2,1-2H3. The lowest BCUT2D eigenvalue weighted by Crippen LogP contribution is -2.48. The highest BCUT2D eigenvalue weighted by Crippen LogP contribution is 2.24. The lowest BCUT2D eigenvalue weighted by atomic mass is 10.0. The topological polar surface area (TPSA) is 90.2 Å². The summed E-state index contributed by atoms with van der Waals surface area (Å²) >= 11 is 5.86. The van der Waals surface area contributed by atoms with Gasteiger partial charge in [0.2, 0.25) is 10.0 Å². The van der Waals surface area contributed by atoms with Crippen molar-refractivity contribution >= 4 is 21.6 Å². The zero-order chi connectivity index (χ0) is 14.7. The second-order valence-corrected chi connectivity index (χ2v) is 6.49. The Morgan fingerprint density at radius 1 is 1.53 bits per heavy atom.